The Balaban J connectivity index is 0. The summed E-state index contributed by atoms with van der Waals surface area (Å²) in [6, 6.07) is 0. The van der Waals surface area contributed by atoms with E-state index in [1.807, 2.05) is 0 Å². The van der Waals surface area contributed by atoms with Crippen LogP contribution in [0.1, 0.15) is 52.4 Å². The predicted octanol–water partition coefficient (Wildman–Crippen LogP) is 2.43. The maximum absolute atomic E-state index is 10.0. The summed E-state index contributed by atoms with van der Waals surface area (Å²) in [6.45, 7) is 4.08. The van der Waals surface area contributed by atoms with Gasteiger partial charge in [-0.15, -0.1) is 0 Å². The first-order valence-corrected chi connectivity index (χ1v) is 5.01. The van der Waals surface area contributed by atoms with Crippen molar-refractivity contribution in [3.63, 3.8) is 0 Å². The van der Waals surface area contributed by atoms with E-state index in [2.05, 4.69) is 6.92 Å². The molecule has 0 radical (unpaired) electrons. The molecule has 0 unspecified atom stereocenters. The quantitative estimate of drug-likeness (QED) is 0.632. The lowest BCUT2D eigenvalue weighted by molar-refractivity contribution is -0.137. The Morgan fingerprint density at radius 2 is 1.54 bits per heavy atom. The molecule has 0 aliphatic heterocycles. The van der Waals surface area contributed by atoms with Crippen LogP contribution in [0.25, 0.3) is 0 Å². The Bertz CT molecular complexity index is 102. The van der Waals surface area contributed by atoms with E-state index in [9.17, 15) is 4.79 Å². The Morgan fingerprint density at radius 3 is 1.92 bits per heavy atom. The van der Waals surface area contributed by atoms with Crippen LogP contribution in [-0.4, -0.2) is 22.8 Å². The van der Waals surface area contributed by atoms with Crippen LogP contribution in [0.3, 0.4) is 0 Å². The third kappa shape index (κ3) is 24.6. The monoisotopic (exact) mass is 190 g/mol. The molecule has 0 aliphatic carbocycles. The minimum Gasteiger partial charge on any atom is -0.481 e. The minimum atomic E-state index is -0.670. The average Bonchev–Trinajstić information content (AvgIpc) is 2.05. The van der Waals surface area contributed by atoms with Crippen molar-refractivity contribution in [2.75, 3.05) is 6.61 Å². The van der Waals surface area contributed by atoms with Crippen LogP contribution in [0.15, 0.2) is 0 Å². The summed E-state index contributed by atoms with van der Waals surface area (Å²) in [5, 5.41) is 15.8. The number of aliphatic hydroxyl groups is 1. The number of aliphatic carboxylic acids is 1. The summed E-state index contributed by atoms with van der Waals surface area (Å²) in [6.07, 6.45) is 5.88. The van der Waals surface area contributed by atoms with Gasteiger partial charge in [0.15, 0.2) is 0 Å². The predicted molar refractivity (Wildman–Crippen MR) is 53.8 cm³/mol. The molecule has 80 valence electrons. The summed E-state index contributed by atoms with van der Waals surface area (Å²) in [5.41, 5.74) is 0. The summed E-state index contributed by atoms with van der Waals surface area (Å²) in [4.78, 5) is 10.0. The molecule has 0 aromatic heterocycles. The lowest BCUT2D eigenvalue weighted by atomic mass is 10.1. The zero-order valence-electron chi connectivity index (χ0n) is 8.75. The van der Waals surface area contributed by atoms with Crippen molar-refractivity contribution in [1.82, 2.24) is 0 Å². The number of carboxylic acid groups (broad SMARTS) is 1. The van der Waals surface area contributed by atoms with Gasteiger partial charge in [0.25, 0.3) is 0 Å². The highest BCUT2D eigenvalue weighted by atomic mass is 16.4. The van der Waals surface area contributed by atoms with E-state index in [0.29, 0.717) is 6.42 Å². The molecule has 0 aromatic carbocycles. The fourth-order valence-electron chi connectivity index (χ4n) is 0.880. The molecule has 0 saturated heterocycles. The third-order valence-corrected chi connectivity index (χ3v) is 1.49. The summed E-state index contributed by atoms with van der Waals surface area (Å²) >= 11 is 0. The second kappa shape index (κ2) is 14.0. The van der Waals surface area contributed by atoms with Crippen molar-refractivity contribution in [2.45, 2.75) is 52.4 Å². The molecule has 3 nitrogen and oxygen atoms in total. The number of unbranched alkanes of at least 4 members (excludes halogenated alkanes) is 4. The standard InChI is InChI=1S/C8H16O2.C2H6O/c1-2-3-4-5-6-7-8(9)10;1-2-3/h2-7H2,1H3,(H,9,10);3H,2H2,1H3. The summed E-state index contributed by atoms with van der Waals surface area (Å²) < 4.78 is 0. The SMILES string of the molecule is CCCCCCCC(=O)O.CCO. The molecule has 0 heterocycles. The summed E-state index contributed by atoms with van der Waals surface area (Å²) in [5.74, 6) is -0.670. The van der Waals surface area contributed by atoms with Crippen LogP contribution in [-0.2, 0) is 4.79 Å². The van der Waals surface area contributed by atoms with Crippen LogP contribution in [0.4, 0.5) is 0 Å². The van der Waals surface area contributed by atoms with Crippen LogP contribution in [0, 0.1) is 0 Å². The molecule has 0 amide bonds. The van der Waals surface area contributed by atoms with Crippen LogP contribution < -0.4 is 0 Å². The molecule has 0 bridgehead atoms. The highest BCUT2D eigenvalue weighted by Gasteiger charge is 1.94. The molecule has 0 spiro atoms. The number of rotatable bonds is 6. The molecule has 3 heteroatoms. The fourth-order valence-corrected chi connectivity index (χ4v) is 0.880. The Hall–Kier alpha value is -0.570. The highest BCUT2D eigenvalue weighted by molar-refractivity contribution is 5.66. The van der Waals surface area contributed by atoms with Crippen molar-refractivity contribution in [1.29, 1.82) is 0 Å². The number of carbonyl (C=O) groups is 1. The van der Waals surface area contributed by atoms with Gasteiger partial charge in [0.1, 0.15) is 0 Å². The highest BCUT2D eigenvalue weighted by Crippen LogP contribution is 2.04. The molecular weight excluding hydrogens is 168 g/mol. The fraction of sp³-hybridized carbons (Fsp3) is 0.900. The molecule has 13 heavy (non-hydrogen) atoms. The normalized spacial score (nSPS) is 8.85. The first kappa shape index (κ1) is 14.9. The lowest BCUT2D eigenvalue weighted by Crippen LogP contribution is -1.93. The third-order valence-electron chi connectivity index (χ3n) is 1.49. The van der Waals surface area contributed by atoms with Crippen molar-refractivity contribution in [3.8, 4) is 0 Å². The van der Waals surface area contributed by atoms with Gasteiger partial charge in [-0.3, -0.25) is 4.79 Å². The summed E-state index contributed by atoms with van der Waals surface area (Å²) in [7, 11) is 0. The van der Waals surface area contributed by atoms with Crippen LogP contribution >= 0.6 is 0 Å². The second-order valence-electron chi connectivity index (χ2n) is 2.87. The molecule has 2 N–H and O–H groups in total. The van der Waals surface area contributed by atoms with E-state index >= 15 is 0 Å². The first-order valence-electron chi connectivity index (χ1n) is 5.01. The Labute approximate surface area is 80.8 Å². The van der Waals surface area contributed by atoms with Crippen molar-refractivity contribution in [2.24, 2.45) is 0 Å². The second-order valence-corrected chi connectivity index (χ2v) is 2.87. The van der Waals surface area contributed by atoms with Gasteiger partial charge in [-0.1, -0.05) is 32.6 Å². The van der Waals surface area contributed by atoms with Gasteiger partial charge in [-0.05, 0) is 13.3 Å². The van der Waals surface area contributed by atoms with Gasteiger partial charge >= 0.3 is 5.97 Å². The van der Waals surface area contributed by atoms with Crippen molar-refractivity contribution >= 4 is 5.97 Å². The molecular formula is C10H22O3. The number of aliphatic hydroxyl groups excluding tert-OH is 1. The van der Waals surface area contributed by atoms with Gasteiger partial charge in [-0.2, -0.15) is 0 Å². The maximum Gasteiger partial charge on any atom is 0.303 e. The van der Waals surface area contributed by atoms with Crippen LogP contribution in [0.5, 0.6) is 0 Å². The van der Waals surface area contributed by atoms with Gasteiger partial charge in [0.2, 0.25) is 0 Å². The number of hydrogen-bond donors (Lipinski definition) is 2. The van der Waals surface area contributed by atoms with Crippen molar-refractivity contribution in [3.05, 3.63) is 0 Å². The van der Waals surface area contributed by atoms with E-state index in [-0.39, 0.29) is 6.61 Å². The average molecular weight is 190 g/mol. The molecule has 0 aliphatic rings. The van der Waals surface area contributed by atoms with E-state index in [1.165, 1.54) is 19.3 Å². The Morgan fingerprint density at radius 1 is 1.08 bits per heavy atom. The zero-order valence-corrected chi connectivity index (χ0v) is 8.75. The maximum atomic E-state index is 10.0. The largest absolute Gasteiger partial charge is 0.481 e. The van der Waals surface area contributed by atoms with Gasteiger partial charge in [0.05, 0.1) is 0 Å². The topological polar surface area (TPSA) is 57.5 Å². The molecule has 0 fully saturated rings. The first-order chi connectivity index (χ1) is 6.18. The van der Waals surface area contributed by atoms with E-state index in [4.69, 9.17) is 10.2 Å². The van der Waals surface area contributed by atoms with Crippen LogP contribution in [0.2, 0.25) is 0 Å². The van der Waals surface area contributed by atoms with Crippen molar-refractivity contribution < 1.29 is 15.0 Å². The van der Waals surface area contributed by atoms with Gasteiger partial charge < -0.3 is 10.2 Å². The van der Waals surface area contributed by atoms with Gasteiger partial charge in [0, 0.05) is 13.0 Å². The molecule has 0 rings (SSSR count). The molecule has 0 aromatic rings. The minimum absolute atomic E-state index is 0.250. The van der Waals surface area contributed by atoms with E-state index in [0.717, 1.165) is 12.8 Å². The lowest BCUT2D eigenvalue weighted by Gasteiger charge is -1.95. The van der Waals surface area contributed by atoms with Gasteiger partial charge in [-0.25, -0.2) is 0 Å². The zero-order chi connectivity index (χ0) is 10.5. The van der Waals surface area contributed by atoms with E-state index < -0.39 is 5.97 Å². The molecule has 0 atom stereocenters. The Kier molecular flexibility index (Phi) is 16.1. The van der Waals surface area contributed by atoms with E-state index in [1.54, 1.807) is 6.92 Å². The molecule has 0 saturated carbocycles. The number of hydrogen-bond acceptors (Lipinski definition) is 2. The smallest absolute Gasteiger partial charge is 0.303 e. The number of carboxylic acids is 1.